The van der Waals surface area contributed by atoms with Gasteiger partial charge < -0.3 is 10.0 Å². The van der Waals surface area contributed by atoms with Crippen LogP contribution in [0, 0.1) is 0 Å². The van der Waals surface area contributed by atoms with E-state index in [4.69, 9.17) is 11.6 Å². The van der Waals surface area contributed by atoms with Gasteiger partial charge in [-0.2, -0.15) is 0 Å². The number of piperazine rings is 1. The highest BCUT2D eigenvalue weighted by Gasteiger charge is 2.36. The van der Waals surface area contributed by atoms with Gasteiger partial charge in [0.15, 0.2) is 9.84 Å². The summed E-state index contributed by atoms with van der Waals surface area (Å²) in [5.74, 6) is -1.21. The van der Waals surface area contributed by atoms with E-state index < -0.39 is 27.6 Å². The molecule has 0 radical (unpaired) electrons. The van der Waals surface area contributed by atoms with Gasteiger partial charge in [-0.3, -0.25) is 14.6 Å². The summed E-state index contributed by atoms with van der Waals surface area (Å²) in [6.07, 6.45) is -0.311. The minimum atomic E-state index is -3.88. The summed E-state index contributed by atoms with van der Waals surface area (Å²) >= 11 is 5.97. The van der Waals surface area contributed by atoms with Crippen LogP contribution in [0.2, 0.25) is 5.02 Å². The zero-order valence-corrected chi connectivity index (χ0v) is 19.3. The number of carbonyl (C=O) groups excluding carboxylic acids is 2. The molecule has 10 heteroatoms. The van der Waals surface area contributed by atoms with Crippen LogP contribution >= 0.6 is 11.6 Å². The van der Waals surface area contributed by atoms with Crippen molar-refractivity contribution in [3.05, 3.63) is 41.4 Å². The molecule has 2 amide bonds. The third-order valence-corrected chi connectivity index (χ3v) is 8.08. The van der Waals surface area contributed by atoms with Crippen molar-refractivity contribution in [1.82, 2.24) is 14.9 Å². The van der Waals surface area contributed by atoms with Crippen LogP contribution in [0.15, 0.2) is 41.3 Å². The average molecular weight is 480 g/mol. The summed E-state index contributed by atoms with van der Waals surface area (Å²) in [6, 6.07) is 9.91. The lowest BCUT2D eigenvalue weighted by molar-refractivity contribution is -0.155. The molecule has 8 nitrogen and oxygen atoms in total. The Morgan fingerprint density at radius 2 is 1.78 bits per heavy atom. The number of amides is 2. The second kappa shape index (κ2) is 8.97. The summed E-state index contributed by atoms with van der Waals surface area (Å²) < 4.78 is 25.7. The summed E-state index contributed by atoms with van der Waals surface area (Å²) in [5.41, 5.74) is 0. The first-order valence-corrected chi connectivity index (χ1v) is 12.6. The number of carbonyl (C=O) groups is 2. The van der Waals surface area contributed by atoms with E-state index in [1.165, 1.54) is 17.0 Å². The molecule has 2 heterocycles. The van der Waals surface area contributed by atoms with Gasteiger partial charge in [0.25, 0.3) is 5.91 Å². The van der Waals surface area contributed by atoms with Crippen molar-refractivity contribution in [1.29, 1.82) is 0 Å². The topological polar surface area (TPSA) is 98.2 Å². The van der Waals surface area contributed by atoms with Crippen LogP contribution in [-0.4, -0.2) is 84.3 Å². The Labute approximate surface area is 192 Å². The number of sulfone groups is 1. The Morgan fingerprint density at radius 1 is 1.12 bits per heavy atom. The summed E-state index contributed by atoms with van der Waals surface area (Å²) in [7, 11) is -3.88. The van der Waals surface area contributed by atoms with Crippen LogP contribution in [0.25, 0.3) is 10.8 Å². The second-order valence-corrected chi connectivity index (χ2v) is 10.8. The molecule has 2 atom stereocenters. The highest BCUT2D eigenvalue weighted by atomic mass is 35.5. The lowest BCUT2D eigenvalue weighted by Crippen LogP contribution is -2.58. The van der Waals surface area contributed by atoms with Crippen molar-refractivity contribution in [2.75, 3.05) is 31.9 Å². The molecule has 0 saturated carbocycles. The fraction of sp³-hybridized carbons (Fsp3) is 0.455. The second-order valence-electron chi connectivity index (χ2n) is 8.36. The third-order valence-electron chi connectivity index (χ3n) is 6.12. The maximum Gasteiger partial charge on any atom is 0.252 e. The van der Waals surface area contributed by atoms with Crippen molar-refractivity contribution >= 4 is 44.0 Å². The van der Waals surface area contributed by atoms with E-state index in [9.17, 15) is 23.1 Å². The van der Waals surface area contributed by atoms with E-state index in [0.717, 1.165) is 11.8 Å². The quantitative estimate of drug-likeness (QED) is 0.701. The maximum atomic E-state index is 12.8. The van der Waals surface area contributed by atoms with E-state index in [-0.39, 0.29) is 16.8 Å². The normalized spacial score (nSPS) is 21.3. The first kappa shape index (κ1) is 23.0. The summed E-state index contributed by atoms with van der Waals surface area (Å²) in [6.45, 7) is 3.58. The number of halogens is 1. The molecule has 2 aromatic rings. The van der Waals surface area contributed by atoms with Crippen molar-refractivity contribution in [2.24, 2.45) is 0 Å². The number of aliphatic hydroxyl groups excluding tert-OH is 1. The fourth-order valence-corrected chi connectivity index (χ4v) is 5.87. The zero-order chi connectivity index (χ0) is 23.0. The van der Waals surface area contributed by atoms with Gasteiger partial charge in [-0.25, -0.2) is 13.4 Å². The van der Waals surface area contributed by atoms with Gasteiger partial charge in [0, 0.05) is 43.7 Å². The molecule has 2 aromatic carbocycles. The zero-order valence-electron chi connectivity index (χ0n) is 17.8. The van der Waals surface area contributed by atoms with Crippen LogP contribution in [0.1, 0.15) is 19.8 Å². The first-order valence-electron chi connectivity index (χ1n) is 10.6. The molecule has 32 heavy (non-hydrogen) atoms. The number of hydrazine groups is 1. The Morgan fingerprint density at radius 3 is 2.44 bits per heavy atom. The molecule has 0 aliphatic carbocycles. The molecule has 172 valence electrons. The number of aliphatic hydroxyl groups is 1. The maximum absolute atomic E-state index is 12.8. The predicted molar refractivity (Wildman–Crippen MR) is 121 cm³/mol. The lowest BCUT2D eigenvalue weighted by Gasteiger charge is -2.41. The third kappa shape index (κ3) is 4.61. The minimum Gasteiger partial charge on any atom is -0.382 e. The van der Waals surface area contributed by atoms with Crippen molar-refractivity contribution in [3.8, 4) is 0 Å². The van der Waals surface area contributed by atoms with Crippen molar-refractivity contribution < 1.29 is 23.1 Å². The smallest absolute Gasteiger partial charge is 0.252 e. The number of fused-ring (bicyclic) bond motifs is 1. The minimum absolute atomic E-state index is 0.0468. The average Bonchev–Trinajstić information content (AvgIpc) is 3.10. The number of hydrogen-bond acceptors (Lipinski definition) is 6. The van der Waals surface area contributed by atoms with Gasteiger partial charge in [0.05, 0.1) is 10.6 Å². The highest BCUT2D eigenvalue weighted by Crippen LogP contribution is 2.24. The predicted octanol–water partition coefficient (Wildman–Crippen LogP) is 1.70. The van der Waals surface area contributed by atoms with E-state index in [2.05, 4.69) is 0 Å². The Kier molecular flexibility index (Phi) is 6.44. The summed E-state index contributed by atoms with van der Waals surface area (Å²) in [5, 5.41) is 16.2. The van der Waals surface area contributed by atoms with Crippen molar-refractivity contribution in [2.45, 2.75) is 36.8 Å². The van der Waals surface area contributed by atoms with Crippen LogP contribution in [0.3, 0.4) is 0 Å². The number of nitrogens with zero attached hydrogens (tertiary/aromatic N) is 3. The van der Waals surface area contributed by atoms with E-state index in [1.807, 2.05) is 11.9 Å². The van der Waals surface area contributed by atoms with Gasteiger partial charge in [-0.15, -0.1) is 0 Å². The van der Waals surface area contributed by atoms with Crippen LogP contribution < -0.4 is 0 Å². The van der Waals surface area contributed by atoms with E-state index >= 15 is 0 Å². The van der Waals surface area contributed by atoms with Crippen LogP contribution in [0.4, 0.5) is 0 Å². The van der Waals surface area contributed by atoms with Gasteiger partial charge in [0.2, 0.25) is 5.91 Å². The number of benzene rings is 2. The lowest BCUT2D eigenvalue weighted by atomic mass is 10.1. The fourth-order valence-electron chi connectivity index (χ4n) is 4.36. The van der Waals surface area contributed by atoms with Crippen molar-refractivity contribution in [3.63, 3.8) is 0 Å². The molecule has 1 N–H and O–H groups in total. The molecule has 0 bridgehead atoms. The molecule has 2 fully saturated rings. The highest BCUT2D eigenvalue weighted by molar-refractivity contribution is 7.91. The molecular weight excluding hydrogens is 454 g/mol. The Hall–Kier alpha value is -2.20. The van der Waals surface area contributed by atoms with Gasteiger partial charge in [-0.05, 0) is 48.4 Å². The molecule has 2 aliphatic heterocycles. The van der Waals surface area contributed by atoms with E-state index in [0.29, 0.717) is 43.0 Å². The first-order chi connectivity index (χ1) is 15.2. The summed E-state index contributed by atoms with van der Waals surface area (Å²) in [4.78, 5) is 26.3. The van der Waals surface area contributed by atoms with Crippen LogP contribution in [-0.2, 0) is 19.4 Å². The largest absolute Gasteiger partial charge is 0.382 e. The molecule has 4 rings (SSSR count). The number of rotatable bonds is 5. The molecule has 0 aromatic heterocycles. The van der Waals surface area contributed by atoms with Gasteiger partial charge >= 0.3 is 0 Å². The van der Waals surface area contributed by atoms with Gasteiger partial charge in [-0.1, -0.05) is 23.7 Å². The van der Waals surface area contributed by atoms with Gasteiger partial charge in [0.1, 0.15) is 6.10 Å². The Balaban J connectivity index is 1.39. The number of hydrogen-bond donors (Lipinski definition) is 1. The molecule has 0 spiro atoms. The standard InChI is InChI=1S/C22H26ClN3O5S/c1-15-2-7-21(28)26(15)25-10-8-24(9-11-25)22(29)20(27)14-32(30,31)19-6-4-16-12-18(23)5-3-17(16)13-19/h3-6,12-13,15,20,27H,2,7-11,14H2,1H3/t15?,20-/m1/s1. The SMILES string of the molecule is CC1CCC(=O)N1N1CCN(C(=O)[C@H](O)CS(=O)(=O)c2ccc3cc(Cl)ccc3c2)CC1. The molecule has 2 aliphatic rings. The van der Waals surface area contributed by atoms with Crippen LogP contribution in [0.5, 0.6) is 0 Å². The van der Waals surface area contributed by atoms with E-state index in [1.54, 1.807) is 29.3 Å². The Bertz CT molecular complexity index is 1150. The molecule has 1 unspecified atom stereocenters. The molecule has 2 saturated heterocycles. The monoisotopic (exact) mass is 479 g/mol. The molecular formula is C22H26ClN3O5S.